The number of aromatic amines is 1. The number of nitrogens with one attached hydrogen (secondary N) is 1. The Hall–Kier alpha value is -2.08. The summed E-state index contributed by atoms with van der Waals surface area (Å²) in [4.78, 5) is 11.7. The number of unbranched alkanes of at least 4 members (excludes halogenated alkanes) is 1. The fourth-order valence-electron chi connectivity index (χ4n) is 2.12. The Morgan fingerprint density at radius 3 is 2.75 bits per heavy atom. The first kappa shape index (κ1) is 14.3. The SMILES string of the molecule is CCCCn1c(C(N)Cc2ccc(O)cc2)n[nH]c1=O. The predicted molar refractivity (Wildman–Crippen MR) is 76.5 cm³/mol. The zero-order valence-corrected chi connectivity index (χ0v) is 11.5. The van der Waals surface area contributed by atoms with Crippen LogP contribution in [-0.2, 0) is 13.0 Å². The predicted octanol–water partition coefficient (Wildman–Crippen LogP) is 1.32. The van der Waals surface area contributed by atoms with Crippen LogP contribution in [0.15, 0.2) is 29.1 Å². The monoisotopic (exact) mass is 276 g/mol. The first-order chi connectivity index (χ1) is 9.61. The third kappa shape index (κ3) is 3.27. The van der Waals surface area contributed by atoms with Crippen molar-refractivity contribution in [3.05, 3.63) is 46.1 Å². The second-order valence-electron chi connectivity index (χ2n) is 4.87. The number of aromatic nitrogens is 3. The Morgan fingerprint density at radius 1 is 1.40 bits per heavy atom. The van der Waals surface area contributed by atoms with Crippen LogP contribution in [0.2, 0.25) is 0 Å². The van der Waals surface area contributed by atoms with Crippen LogP contribution in [0.25, 0.3) is 0 Å². The fourth-order valence-corrected chi connectivity index (χ4v) is 2.12. The van der Waals surface area contributed by atoms with Gasteiger partial charge in [-0.3, -0.25) is 4.57 Å². The summed E-state index contributed by atoms with van der Waals surface area (Å²) in [6, 6.07) is 6.52. The summed E-state index contributed by atoms with van der Waals surface area (Å²) in [5.41, 5.74) is 6.93. The number of rotatable bonds is 6. The molecule has 20 heavy (non-hydrogen) atoms. The number of aromatic hydroxyl groups is 1. The van der Waals surface area contributed by atoms with Crippen molar-refractivity contribution < 1.29 is 5.11 Å². The number of hydrogen-bond donors (Lipinski definition) is 3. The molecule has 0 saturated heterocycles. The van der Waals surface area contributed by atoms with Crippen LogP contribution in [0.1, 0.15) is 37.2 Å². The molecule has 0 amide bonds. The van der Waals surface area contributed by atoms with Gasteiger partial charge < -0.3 is 10.8 Å². The van der Waals surface area contributed by atoms with Gasteiger partial charge in [0.15, 0.2) is 5.82 Å². The standard InChI is InChI=1S/C14H20N4O2/c1-2-3-8-18-13(16-17-14(18)20)12(15)9-10-4-6-11(19)7-5-10/h4-7,12,19H,2-3,8-9,15H2,1H3,(H,17,20). The molecule has 0 aliphatic carbocycles. The average molecular weight is 276 g/mol. The van der Waals surface area contributed by atoms with E-state index in [4.69, 9.17) is 5.73 Å². The van der Waals surface area contributed by atoms with Crippen molar-refractivity contribution in [3.8, 4) is 5.75 Å². The van der Waals surface area contributed by atoms with Crippen LogP contribution < -0.4 is 11.4 Å². The number of phenols is 1. The van der Waals surface area contributed by atoms with Gasteiger partial charge >= 0.3 is 5.69 Å². The molecule has 0 spiro atoms. The Balaban J connectivity index is 2.14. The van der Waals surface area contributed by atoms with E-state index in [0.29, 0.717) is 18.8 Å². The first-order valence-electron chi connectivity index (χ1n) is 6.80. The Morgan fingerprint density at radius 2 is 2.10 bits per heavy atom. The molecule has 1 aromatic heterocycles. The van der Waals surface area contributed by atoms with E-state index >= 15 is 0 Å². The average Bonchev–Trinajstić information content (AvgIpc) is 2.80. The molecule has 108 valence electrons. The van der Waals surface area contributed by atoms with Gasteiger partial charge in [-0.15, -0.1) is 0 Å². The zero-order chi connectivity index (χ0) is 14.5. The quantitative estimate of drug-likeness (QED) is 0.741. The van der Waals surface area contributed by atoms with Crippen molar-refractivity contribution in [2.45, 2.75) is 38.8 Å². The van der Waals surface area contributed by atoms with Crippen LogP contribution in [-0.4, -0.2) is 19.9 Å². The summed E-state index contributed by atoms with van der Waals surface area (Å²) in [5, 5.41) is 15.8. The third-order valence-corrected chi connectivity index (χ3v) is 3.25. The van der Waals surface area contributed by atoms with Crippen molar-refractivity contribution in [3.63, 3.8) is 0 Å². The molecule has 0 fully saturated rings. The van der Waals surface area contributed by atoms with E-state index in [1.165, 1.54) is 0 Å². The van der Waals surface area contributed by atoms with Crippen LogP contribution in [0, 0.1) is 0 Å². The Labute approximate surface area is 117 Å². The molecule has 1 atom stereocenters. The van der Waals surface area contributed by atoms with Gasteiger partial charge in [0.25, 0.3) is 0 Å². The molecule has 0 aliphatic rings. The van der Waals surface area contributed by atoms with Crippen molar-refractivity contribution in [2.75, 3.05) is 0 Å². The van der Waals surface area contributed by atoms with Crippen molar-refractivity contribution in [1.82, 2.24) is 14.8 Å². The normalized spacial score (nSPS) is 12.5. The molecule has 1 aromatic carbocycles. The van der Waals surface area contributed by atoms with Gasteiger partial charge in [-0.1, -0.05) is 25.5 Å². The first-order valence-corrected chi connectivity index (χ1v) is 6.80. The van der Waals surface area contributed by atoms with Gasteiger partial charge in [-0.05, 0) is 30.5 Å². The van der Waals surface area contributed by atoms with Crippen LogP contribution in [0.4, 0.5) is 0 Å². The topological polar surface area (TPSA) is 96.9 Å². The van der Waals surface area contributed by atoms with E-state index in [1.54, 1.807) is 16.7 Å². The zero-order valence-electron chi connectivity index (χ0n) is 11.5. The smallest absolute Gasteiger partial charge is 0.343 e. The van der Waals surface area contributed by atoms with Gasteiger partial charge in [0.1, 0.15) is 5.75 Å². The summed E-state index contributed by atoms with van der Waals surface area (Å²) in [5.74, 6) is 0.804. The molecule has 1 unspecified atom stereocenters. The molecule has 1 heterocycles. The Kier molecular flexibility index (Phi) is 4.57. The lowest BCUT2D eigenvalue weighted by molar-refractivity contribution is 0.475. The lowest BCUT2D eigenvalue weighted by Gasteiger charge is -2.12. The maximum Gasteiger partial charge on any atom is 0.343 e. The second kappa shape index (κ2) is 6.38. The highest BCUT2D eigenvalue weighted by Crippen LogP contribution is 2.16. The van der Waals surface area contributed by atoms with Crippen LogP contribution in [0.5, 0.6) is 5.75 Å². The molecule has 6 nitrogen and oxygen atoms in total. The molecule has 0 saturated carbocycles. The molecule has 0 bridgehead atoms. The van der Waals surface area contributed by atoms with Crippen molar-refractivity contribution in [2.24, 2.45) is 5.73 Å². The van der Waals surface area contributed by atoms with Crippen LogP contribution in [0.3, 0.4) is 0 Å². The van der Waals surface area contributed by atoms with Crippen LogP contribution >= 0.6 is 0 Å². The lowest BCUT2D eigenvalue weighted by atomic mass is 10.1. The number of hydrogen-bond acceptors (Lipinski definition) is 4. The van der Waals surface area contributed by atoms with E-state index in [1.807, 2.05) is 12.1 Å². The second-order valence-corrected chi connectivity index (χ2v) is 4.87. The largest absolute Gasteiger partial charge is 0.508 e. The number of nitrogens with zero attached hydrogens (tertiary/aromatic N) is 2. The summed E-state index contributed by atoms with van der Waals surface area (Å²) < 4.78 is 1.61. The highest BCUT2D eigenvalue weighted by Gasteiger charge is 2.16. The minimum atomic E-state index is -0.352. The molecule has 2 rings (SSSR count). The van der Waals surface area contributed by atoms with E-state index in [-0.39, 0.29) is 17.5 Å². The molecular formula is C14H20N4O2. The van der Waals surface area contributed by atoms with E-state index in [2.05, 4.69) is 17.1 Å². The van der Waals surface area contributed by atoms with E-state index in [0.717, 1.165) is 18.4 Å². The molecule has 4 N–H and O–H groups in total. The maximum atomic E-state index is 11.7. The summed E-state index contributed by atoms with van der Waals surface area (Å²) >= 11 is 0. The molecule has 0 aliphatic heterocycles. The summed E-state index contributed by atoms with van der Waals surface area (Å²) in [6.45, 7) is 2.70. The number of nitrogens with two attached hydrogens (primary N) is 1. The summed E-state index contributed by atoms with van der Waals surface area (Å²) in [6.07, 6.45) is 2.49. The minimum absolute atomic E-state index is 0.213. The number of benzene rings is 1. The highest BCUT2D eigenvalue weighted by molar-refractivity contribution is 5.26. The summed E-state index contributed by atoms with van der Waals surface area (Å²) in [7, 11) is 0. The van der Waals surface area contributed by atoms with Crippen molar-refractivity contribution in [1.29, 1.82) is 0 Å². The highest BCUT2D eigenvalue weighted by atomic mass is 16.3. The van der Waals surface area contributed by atoms with E-state index < -0.39 is 0 Å². The minimum Gasteiger partial charge on any atom is -0.508 e. The van der Waals surface area contributed by atoms with Gasteiger partial charge in [0.2, 0.25) is 0 Å². The van der Waals surface area contributed by atoms with Crippen molar-refractivity contribution >= 4 is 0 Å². The van der Waals surface area contributed by atoms with Gasteiger partial charge in [-0.2, -0.15) is 5.10 Å². The number of H-pyrrole nitrogens is 1. The molecule has 2 aromatic rings. The Bertz CT molecular complexity index is 600. The van der Waals surface area contributed by atoms with Gasteiger partial charge in [0, 0.05) is 6.54 Å². The number of phenolic OH excluding ortho intramolecular Hbond substituents is 1. The lowest BCUT2D eigenvalue weighted by Crippen LogP contribution is -2.24. The maximum absolute atomic E-state index is 11.7. The van der Waals surface area contributed by atoms with E-state index in [9.17, 15) is 9.90 Å². The molecular weight excluding hydrogens is 256 g/mol. The molecule has 6 heteroatoms. The fraction of sp³-hybridized carbons (Fsp3) is 0.429. The third-order valence-electron chi connectivity index (χ3n) is 3.25. The molecule has 0 radical (unpaired) electrons. The van der Waals surface area contributed by atoms with Gasteiger partial charge in [-0.25, -0.2) is 9.89 Å². The van der Waals surface area contributed by atoms with Gasteiger partial charge in [0.05, 0.1) is 6.04 Å².